The van der Waals surface area contributed by atoms with Gasteiger partial charge < -0.3 is 4.90 Å². The molecule has 0 atom stereocenters. The third kappa shape index (κ3) is 5.05. The summed E-state index contributed by atoms with van der Waals surface area (Å²) in [5.74, 6) is 0. The second-order valence-electron chi connectivity index (χ2n) is 6.68. The predicted octanol–water partition coefficient (Wildman–Crippen LogP) is 1.48. The van der Waals surface area contributed by atoms with Gasteiger partial charge in [-0.15, -0.1) is 0 Å². The number of nitrogens with zero attached hydrogens (tertiary/aromatic N) is 2. The zero-order valence-corrected chi connectivity index (χ0v) is 14.6. The molecular weight excluding hydrogens is 298 g/mol. The van der Waals surface area contributed by atoms with E-state index in [1.807, 2.05) is 39.1 Å². The Labute approximate surface area is 134 Å². The van der Waals surface area contributed by atoms with Crippen LogP contribution in [0.4, 0.5) is 0 Å². The van der Waals surface area contributed by atoms with Crippen LogP contribution >= 0.6 is 0 Å². The molecular formula is C16H27N3O2S. The smallest absolute Gasteiger partial charge is 0.280 e. The fourth-order valence-electron chi connectivity index (χ4n) is 2.59. The van der Waals surface area contributed by atoms with Crippen molar-refractivity contribution in [1.82, 2.24) is 13.9 Å². The van der Waals surface area contributed by atoms with Crippen LogP contribution in [0.5, 0.6) is 0 Å². The van der Waals surface area contributed by atoms with E-state index in [0.717, 1.165) is 25.9 Å². The lowest BCUT2D eigenvalue weighted by Gasteiger charge is -2.35. The lowest BCUT2D eigenvalue weighted by molar-refractivity contribution is 0.218. The third-order valence-electron chi connectivity index (χ3n) is 4.09. The van der Waals surface area contributed by atoms with Gasteiger partial charge in [0.25, 0.3) is 10.2 Å². The quantitative estimate of drug-likeness (QED) is 0.862. The minimum absolute atomic E-state index is 0.460. The number of nitrogens with one attached hydrogen (secondary N) is 1. The van der Waals surface area contributed by atoms with Gasteiger partial charge in [-0.3, -0.25) is 0 Å². The molecule has 22 heavy (non-hydrogen) atoms. The van der Waals surface area contributed by atoms with Crippen LogP contribution in [0.15, 0.2) is 30.3 Å². The minimum Gasteiger partial charge on any atom is -0.304 e. The molecule has 1 aliphatic rings. The highest BCUT2D eigenvalue weighted by Crippen LogP contribution is 2.16. The zero-order valence-electron chi connectivity index (χ0n) is 13.7. The fourth-order valence-corrected chi connectivity index (χ4v) is 4.17. The molecule has 0 unspecified atom stereocenters. The first-order chi connectivity index (χ1) is 10.3. The summed E-state index contributed by atoms with van der Waals surface area (Å²) in [6.45, 7) is 6.57. The maximum atomic E-state index is 12.5. The van der Waals surface area contributed by atoms with E-state index in [1.165, 1.54) is 5.56 Å². The van der Waals surface area contributed by atoms with Gasteiger partial charge in [-0.05, 0) is 39.3 Å². The summed E-state index contributed by atoms with van der Waals surface area (Å²) in [4.78, 5) is 2.15. The number of benzene rings is 1. The fraction of sp³-hybridized carbons (Fsp3) is 0.625. The van der Waals surface area contributed by atoms with Crippen molar-refractivity contribution < 1.29 is 8.42 Å². The van der Waals surface area contributed by atoms with E-state index in [1.54, 1.807) is 4.31 Å². The Bertz CT molecular complexity index is 564. The molecule has 1 aromatic rings. The zero-order chi connectivity index (χ0) is 16.2. The summed E-state index contributed by atoms with van der Waals surface area (Å²) in [6.07, 6.45) is 1.63. The molecule has 0 radical (unpaired) electrons. The van der Waals surface area contributed by atoms with Crippen LogP contribution in [0, 0.1) is 0 Å². The van der Waals surface area contributed by atoms with Crippen molar-refractivity contribution in [3.8, 4) is 0 Å². The van der Waals surface area contributed by atoms with Crippen molar-refractivity contribution in [1.29, 1.82) is 0 Å². The van der Waals surface area contributed by atoms with E-state index < -0.39 is 15.7 Å². The summed E-state index contributed by atoms with van der Waals surface area (Å²) < 4.78 is 29.5. The Kier molecular flexibility index (Phi) is 5.60. The highest BCUT2D eigenvalue weighted by Gasteiger charge is 2.31. The highest BCUT2D eigenvalue weighted by atomic mass is 32.2. The Morgan fingerprint density at radius 1 is 1.09 bits per heavy atom. The van der Waals surface area contributed by atoms with Gasteiger partial charge in [0.15, 0.2) is 0 Å². The maximum Gasteiger partial charge on any atom is 0.280 e. The first-order valence-corrected chi connectivity index (χ1v) is 9.24. The molecule has 1 fully saturated rings. The monoisotopic (exact) mass is 325 g/mol. The first kappa shape index (κ1) is 17.4. The molecule has 1 saturated heterocycles. The molecule has 0 bridgehead atoms. The molecule has 124 valence electrons. The summed E-state index contributed by atoms with van der Waals surface area (Å²) in [6, 6.07) is 10.2. The molecule has 6 heteroatoms. The van der Waals surface area contributed by atoms with Gasteiger partial charge in [0.2, 0.25) is 0 Å². The third-order valence-corrected chi connectivity index (χ3v) is 5.94. The van der Waals surface area contributed by atoms with Gasteiger partial charge in [-0.1, -0.05) is 30.3 Å². The number of piperazine rings is 1. The van der Waals surface area contributed by atoms with Crippen LogP contribution in [0.3, 0.4) is 0 Å². The number of hydrogen-bond donors (Lipinski definition) is 1. The van der Waals surface area contributed by atoms with Crippen LogP contribution in [-0.4, -0.2) is 56.4 Å². The molecule has 5 nitrogen and oxygen atoms in total. The Morgan fingerprint density at radius 2 is 1.68 bits per heavy atom. The van der Waals surface area contributed by atoms with Gasteiger partial charge in [0.05, 0.1) is 0 Å². The maximum absolute atomic E-state index is 12.5. The van der Waals surface area contributed by atoms with E-state index in [0.29, 0.717) is 13.1 Å². The van der Waals surface area contributed by atoms with Gasteiger partial charge >= 0.3 is 0 Å². The van der Waals surface area contributed by atoms with Gasteiger partial charge in [0, 0.05) is 31.7 Å². The predicted molar refractivity (Wildman–Crippen MR) is 90.0 cm³/mol. The summed E-state index contributed by atoms with van der Waals surface area (Å²) in [5.41, 5.74) is 0.771. The lowest BCUT2D eigenvalue weighted by Crippen LogP contribution is -2.55. The van der Waals surface area contributed by atoms with E-state index in [4.69, 9.17) is 0 Å². The van der Waals surface area contributed by atoms with E-state index in [-0.39, 0.29) is 0 Å². The van der Waals surface area contributed by atoms with Crippen LogP contribution in [0.2, 0.25) is 0 Å². The van der Waals surface area contributed by atoms with Crippen molar-refractivity contribution in [2.75, 3.05) is 33.2 Å². The van der Waals surface area contributed by atoms with Crippen molar-refractivity contribution >= 4 is 10.2 Å². The molecule has 0 saturated carbocycles. The highest BCUT2D eigenvalue weighted by molar-refractivity contribution is 7.87. The summed E-state index contributed by atoms with van der Waals surface area (Å²) >= 11 is 0. The van der Waals surface area contributed by atoms with Crippen LogP contribution < -0.4 is 4.72 Å². The summed E-state index contributed by atoms with van der Waals surface area (Å²) in [7, 11) is -1.40. The Morgan fingerprint density at radius 3 is 2.27 bits per heavy atom. The van der Waals surface area contributed by atoms with E-state index in [2.05, 4.69) is 21.8 Å². The average molecular weight is 325 g/mol. The molecule has 0 amide bonds. The number of likely N-dealkylation sites (N-methyl/N-ethyl adjacent to an activating group) is 1. The molecule has 0 aliphatic carbocycles. The Balaban J connectivity index is 1.92. The average Bonchev–Trinajstić information content (AvgIpc) is 2.46. The molecule has 1 aliphatic heterocycles. The normalized spacial score (nSPS) is 18.5. The topological polar surface area (TPSA) is 52.7 Å². The summed E-state index contributed by atoms with van der Waals surface area (Å²) in [5, 5.41) is 0. The lowest BCUT2D eigenvalue weighted by atomic mass is 9.97. The van der Waals surface area contributed by atoms with Crippen LogP contribution in [0.1, 0.15) is 25.8 Å². The van der Waals surface area contributed by atoms with Gasteiger partial charge in [-0.2, -0.15) is 17.4 Å². The number of rotatable bonds is 6. The van der Waals surface area contributed by atoms with Gasteiger partial charge in [-0.25, -0.2) is 0 Å². The molecule has 1 heterocycles. The largest absolute Gasteiger partial charge is 0.304 e. The first-order valence-electron chi connectivity index (χ1n) is 7.80. The molecule has 0 spiro atoms. The van der Waals surface area contributed by atoms with Crippen molar-refractivity contribution in [2.24, 2.45) is 0 Å². The number of aryl methyl sites for hydroxylation is 1. The van der Waals surface area contributed by atoms with Crippen LogP contribution in [-0.2, 0) is 16.6 Å². The van der Waals surface area contributed by atoms with Crippen molar-refractivity contribution in [3.05, 3.63) is 35.9 Å². The van der Waals surface area contributed by atoms with Gasteiger partial charge in [0.1, 0.15) is 0 Å². The van der Waals surface area contributed by atoms with Crippen molar-refractivity contribution in [3.63, 3.8) is 0 Å². The van der Waals surface area contributed by atoms with Crippen molar-refractivity contribution in [2.45, 2.75) is 32.2 Å². The second-order valence-corrected chi connectivity index (χ2v) is 8.35. The second kappa shape index (κ2) is 7.08. The van der Waals surface area contributed by atoms with E-state index >= 15 is 0 Å². The molecule has 2 rings (SSSR count). The SMILES string of the molecule is CN1CCN(S(=O)(=O)NC(C)(C)CCc2ccccc2)CC1. The standard InChI is InChI=1S/C16H27N3O2S/c1-16(2,10-9-15-7-5-4-6-8-15)17-22(20,21)19-13-11-18(3)12-14-19/h4-8,17H,9-14H2,1-3H3. The minimum atomic E-state index is -3.41. The molecule has 0 aromatic heterocycles. The Hall–Kier alpha value is -0.950. The molecule has 1 N–H and O–H groups in total. The number of hydrogen-bond acceptors (Lipinski definition) is 3. The van der Waals surface area contributed by atoms with Crippen LogP contribution in [0.25, 0.3) is 0 Å². The van der Waals surface area contributed by atoms with E-state index in [9.17, 15) is 8.42 Å². The molecule has 1 aromatic carbocycles.